The van der Waals surface area contributed by atoms with Gasteiger partial charge in [-0.2, -0.15) is 9.30 Å². The van der Waals surface area contributed by atoms with Crippen molar-refractivity contribution in [3.05, 3.63) is 59.2 Å². The van der Waals surface area contributed by atoms with Gasteiger partial charge in [0.15, 0.2) is 11.8 Å². The number of nitrogens with zero attached hydrogens (tertiary/aromatic N) is 3. The molecule has 6 N–H and O–H groups in total. The summed E-state index contributed by atoms with van der Waals surface area (Å²) >= 11 is 6.15. The fraction of sp³-hybridized carbons (Fsp3) is 0.105. The van der Waals surface area contributed by atoms with Crippen molar-refractivity contribution >= 4 is 50.1 Å². The van der Waals surface area contributed by atoms with Crippen LogP contribution in [0.2, 0.25) is 5.02 Å². The number of hydrogen-bond donors (Lipinski definition) is 4. The SMILES string of the molecule is NC(N)=Nc1ncc(Cl)c2ccc(S(=O)(=O)N(CC(=O)O)Cc3cccc(O)c3)cc12. The van der Waals surface area contributed by atoms with Crippen LogP contribution in [-0.2, 0) is 21.4 Å². The van der Waals surface area contributed by atoms with Crippen molar-refractivity contribution in [2.24, 2.45) is 16.5 Å². The van der Waals surface area contributed by atoms with Crippen LogP contribution < -0.4 is 11.5 Å². The number of phenolic OH excluding ortho intramolecular Hbond substituents is 1. The van der Waals surface area contributed by atoms with E-state index in [1.54, 1.807) is 6.07 Å². The maximum Gasteiger partial charge on any atom is 0.318 e. The van der Waals surface area contributed by atoms with Gasteiger partial charge in [0, 0.05) is 23.5 Å². The summed E-state index contributed by atoms with van der Waals surface area (Å²) in [5.41, 5.74) is 11.3. The second kappa shape index (κ2) is 8.76. The summed E-state index contributed by atoms with van der Waals surface area (Å²) in [6.07, 6.45) is 1.33. The van der Waals surface area contributed by atoms with Gasteiger partial charge < -0.3 is 21.7 Å². The number of sulfonamides is 1. The number of hydrogen-bond acceptors (Lipinski definition) is 6. The Morgan fingerprint density at radius 1 is 1.16 bits per heavy atom. The van der Waals surface area contributed by atoms with Crippen molar-refractivity contribution in [2.75, 3.05) is 6.54 Å². The molecule has 0 saturated heterocycles. The molecule has 1 heterocycles. The Bertz CT molecular complexity index is 1290. The lowest BCUT2D eigenvalue weighted by Gasteiger charge is -2.21. The Hall–Kier alpha value is -3.41. The van der Waals surface area contributed by atoms with Gasteiger partial charge in [-0.25, -0.2) is 13.4 Å². The summed E-state index contributed by atoms with van der Waals surface area (Å²) in [4.78, 5) is 19.1. The lowest BCUT2D eigenvalue weighted by molar-refractivity contribution is -0.137. The highest BCUT2D eigenvalue weighted by atomic mass is 35.5. The van der Waals surface area contributed by atoms with Gasteiger partial charge in [0.2, 0.25) is 10.0 Å². The molecular formula is C19H18ClN5O5S. The van der Waals surface area contributed by atoms with E-state index in [9.17, 15) is 23.4 Å². The number of carboxylic acids is 1. The lowest BCUT2D eigenvalue weighted by Crippen LogP contribution is -2.35. The highest BCUT2D eigenvalue weighted by Gasteiger charge is 2.27. The molecule has 1 aromatic heterocycles. The van der Waals surface area contributed by atoms with Crippen LogP contribution in [0, 0.1) is 0 Å². The molecule has 0 radical (unpaired) electrons. The van der Waals surface area contributed by atoms with Gasteiger partial charge in [-0.05, 0) is 29.8 Å². The largest absolute Gasteiger partial charge is 0.508 e. The van der Waals surface area contributed by atoms with Gasteiger partial charge in [-0.1, -0.05) is 29.8 Å². The molecule has 3 rings (SSSR count). The number of rotatable bonds is 7. The van der Waals surface area contributed by atoms with E-state index in [2.05, 4.69) is 9.98 Å². The van der Waals surface area contributed by atoms with Crippen molar-refractivity contribution in [2.45, 2.75) is 11.4 Å². The van der Waals surface area contributed by atoms with E-state index in [1.807, 2.05) is 0 Å². The summed E-state index contributed by atoms with van der Waals surface area (Å²) in [5.74, 6) is -1.62. The highest BCUT2D eigenvalue weighted by molar-refractivity contribution is 7.89. The third-order valence-electron chi connectivity index (χ3n) is 4.24. The predicted molar refractivity (Wildman–Crippen MR) is 116 cm³/mol. The molecule has 10 nitrogen and oxygen atoms in total. The molecule has 0 aliphatic heterocycles. The van der Waals surface area contributed by atoms with E-state index in [1.165, 1.54) is 42.6 Å². The molecule has 0 bridgehead atoms. The van der Waals surface area contributed by atoms with E-state index >= 15 is 0 Å². The summed E-state index contributed by atoms with van der Waals surface area (Å²) < 4.78 is 27.3. The Kier molecular flexibility index (Phi) is 6.29. The summed E-state index contributed by atoms with van der Waals surface area (Å²) in [6, 6.07) is 9.93. The number of benzene rings is 2. The zero-order valence-corrected chi connectivity index (χ0v) is 17.5. The number of phenols is 1. The molecule has 0 amide bonds. The number of halogens is 1. The first kappa shape index (κ1) is 22.3. The molecule has 162 valence electrons. The van der Waals surface area contributed by atoms with Gasteiger partial charge in [-0.15, -0.1) is 0 Å². The number of aromatic nitrogens is 1. The van der Waals surface area contributed by atoms with E-state index in [0.717, 1.165) is 4.31 Å². The van der Waals surface area contributed by atoms with Crippen molar-refractivity contribution in [1.82, 2.24) is 9.29 Å². The van der Waals surface area contributed by atoms with E-state index in [0.29, 0.717) is 10.9 Å². The minimum Gasteiger partial charge on any atom is -0.508 e. The minimum atomic E-state index is -4.27. The third kappa shape index (κ3) is 5.02. The first-order chi connectivity index (χ1) is 14.6. The van der Waals surface area contributed by atoms with Crippen molar-refractivity contribution < 1.29 is 23.4 Å². The number of nitrogens with two attached hydrogens (primary N) is 2. The van der Waals surface area contributed by atoms with Crippen LogP contribution in [0.15, 0.2) is 58.5 Å². The fourth-order valence-corrected chi connectivity index (χ4v) is 4.55. The van der Waals surface area contributed by atoms with Crippen LogP contribution in [-0.4, -0.2) is 46.4 Å². The molecule has 0 atom stereocenters. The number of carbonyl (C=O) groups is 1. The number of carboxylic acid groups (broad SMARTS) is 1. The number of guanidine groups is 1. The van der Waals surface area contributed by atoms with Crippen LogP contribution in [0.5, 0.6) is 5.75 Å². The number of pyridine rings is 1. The van der Waals surface area contributed by atoms with Crippen molar-refractivity contribution in [1.29, 1.82) is 0 Å². The molecular weight excluding hydrogens is 446 g/mol. The topological polar surface area (TPSA) is 172 Å². The summed E-state index contributed by atoms with van der Waals surface area (Å²) in [7, 11) is -4.27. The molecule has 31 heavy (non-hydrogen) atoms. The minimum absolute atomic E-state index is 0.0641. The number of aliphatic imine (C=N–C) groups is 1. The van der Waals surface area contributed by atoms with Crippen molar-refractivity contribution in [3.63, 3.8) is 0 Å². The summed E-state index contributed by atoms with van der Waals surface area (Å²) in [6.45, 7) is -1.06. The average molecular weight is 464 g/mol. The van der Waals surface area contributed by atoms with Crippen LogP contribution in [0.4, 0.5) is 5.82 Å². The zero-order valence-electron chi connectivity index (χ0n) is 15.9. The third-order valence-corrected chi connectivity index (χ3v) is 6.33. The van der Waals surface area contributed by atoms with Crippen LogP contribution in [0.3, 0.4) is 0 Å². The van der Waals surface area contributed by atoms with E-state index in [-0.39, 0.29) is 39.4 Å². The monoisotopic (exact) mass is 463 g/mol. The lowest BCUT2D eigenvalue weighted by atomic mass is 10.1. The first-order valence-corrected chi connectivity index (χ1v) is 10.6. The summed E-state index contributed by atoms with van der Waals surface area (Å²) in [5, 5.41) is 19.9. The highest BCUT2D eigenvalue weighted by Crippen LogP contribution is 2.32. The van der Waals surface area contributed by atoms with Gasteiger partial charge >= 0.3 is 5.97 Å². The second-order valence-electron chi connectivity index (χ2n) is 6.51. The molecule has 12 heteroatoms. The Balaban J connectivity index is 2.12. The molecule has 0 saturated carbocycles. The zero-order chi connectivity index (χ0) is 22.8. The normalized spacial score (nSPS) is 11.5. The molecule has 0 aliphatic carbocycles. The maximum atomic E-state index is 13.3. The molecule has 3 aromatic rings. The second-order valence-corrected chi connectivity index (χ2v) is 8.86. The predicted octanol–water partition coefficient (Wildman–Crippen LogP) is 1.77. The van der Waals surface area contributed by atoms with Gasteiger partial charge in [0.05, 0.1) is 9.92 Å². The molecule has 0 spiro atoms. The van der Waals surface area contributed by atoms with Crippen LogP contribution >= 0.6 is 11.6 Å². The van der Waals surface area contributed by atoms with Gasteiger partial charge in [0.1, 0.15) is 12.3 Å². The van der Waals surface area contributed by atoms with Crippen molar-refractivity contribution in [3.8, 4) is 5.75 Å². The van der Waals surface area contributed by atoms with E-state index in [4.69, 9.17) is 23.1 Å². The smallest absolute Gasteiger partial charge is 0.318 e. The van der Waals surface area contributed by atoms with Gasteiger partial charge in [-0.3, -0.25) is 4.79 Å². The molecule has 2 aromatic carbocycles. The Morgan fingerprint density at radius 2 is 1.90 bits per heavy atom. The van der Waals surface area contributed by atoms with Crippen LogP contribution in [0.1, 0.15) is 5.56 Å². The first-order valence-electron chi connectivity index (χ1n) is 8.75. The van der Waals surface area contributed by atoms with Crippen LogP contribution in [0.25, 0.3) is 10.8 Å². The quantitative estimate of drug-likeness (QED) is 0.303. The number of aliphatic carboxylic acids is 1. The Labute approximate surface area is 182 Å². The molecule has 0 unspecified atom stereocenters. The number of aromatic hydroxyl groups is 1. The Morgan fingerprint density at radius 3 is 2.55 bits per heavy atom. The molecule has 0 fully saturated rings. The van der Waals surface area contributed by atoms with E-state index < -0.39 is 22.5 Å². The average Bonchev–Trinajstić information content (AvgIpc) is 2.69. The fourth-order valence-electron chi connectivity index (χ4n) is 2.93. The van der Waals surface area contributed by atoms with Gasteiger partial charge in [0.25, 0.3) is 0 Å². The molecule has 0 aliphatic rings. The maximum absolute atomic E-state index is 13.3. The number of fused-ring (bicyclic) bond motifs is 1. The standard InChI is InChI=1S/C19H18ClN5O5S/c20-16-8-23-18(24-19(21)22)15-7-13(4-5-14(15)16)31(29,30)25(10-17(27)28)9-11-2-1-3-12(26)6-11/h1-8,26H,9-10H2,(H,27,28)(H4,21,22,23,24).